The molecule has 0 radical (unpaired) electrons. The summed E-state index contributed by atoms with van der Waals surface area (Å²) in [5.41, 5.74) is 0.303. The Balaban J connectivity index is 2.83. The number of alkyl halides is 3. The summed E-state index contributed by atoms with van der Waals surface area (Å²) >= 11 is 0. The lowest BCUT2D eigenvalue weighted by Crippen LogP contribution is -2.20. The molecule has 1 nitrogen and oxygen atoms in total. The van der Waals surface area contributed by atoms with E-state index in [-0.39, 0.29) is 11.8 Å². The number of rotatable bonds is 5. The van der Waals surface area contributed by atoms with Crippen LogP contribution >= 0.6 is 0 Å². The molecule has 19 heavy (non-hydrogen) atoms. The SMILES string of the molecule is CCC1=C(OCC(C)(C)CC)CCC(C(F)(F)F)=C1. The summed E-state index contributed by atoms with van der Waals surface area (Å²) in [6.07, 6.45) is -1.03. The van der Waals surface area contributed by atoms with E-state index in [4.69, 9.17) is 4.74 Å². The first kappa shape index (κ1) is 16.1. The average Bonchev–Trinajstić information content (AvgIpc) is 2.35. The largest absolute Gasteiger partial charge is 0.497 e. The summed E-state index contributed by atoms with van der Waals surface area (Å²) in [5.74, 6) is 0.733. The Bertz CT molecular complexity index is 375. The Morgan fingerprint density at radius 1 is 1.16 bits per heavy atom. The van der Waals surface area contributed by atoms with E-state index in [1.165, 1.54) is 6.08 Å². The van der Waals surface area contributed by atoms with Crippen molar-refractivity contribution < 1.29 is 17.9 Å². The van der Waals surface area contributed by atoms with Crippen LogP contribution in [0.15, 0.2) is 23.0 Å². The van der Waals surface area contributed by atoms with Gasteiger partial charge in [0.2, 0.25) is 0 Å². The highest BCUT2D eigenvalue weighted by Gasteiger charge is 2.35. The van der Waals surface area contributed by atoms with Crippen molar-refractivity contribution in [2.24, 2.45) is 5.41 Å². The predicted octanol–water partition coefficient (Wildman–Crippen LogP) is 5.39. The van der Waals surface area contributed by atoms with E-state index in [0.29, 0.717) is 25.0 Å². The van der Waals surface area contributed by atoms with Gasteiger partial charge in [0.15, 0.2) is 0 Å². The highest BCUT2D eigenvalue weighted by molar-refractivity contribution is 5.33. The Kier molecular flexibility index (Phi) is 5.11. The van der Waals surface area contributed by atoms with E-state index in [2.05, 4.69) is 20.8 Å². The van der Waals surface area contributed by atoms with E-state index < -0.39 is 11.7 Å². The van der Waals surface area contributed by atoms with Crippen LogP contribution in [0.1, 0.15) is 53.4 Å². The third-order valence-electron chi connectivity index (χ3n) is 3.67. The van der Waals surface area contributed by atoms with Gasteiger partial charge < -0.3 is 4.74 Å². The van der Waals surface area contributed by atoms with E-state index in [0.717, 1.165) is 12.2 Å². The summed E-state index contributed by atoms with van der Waals surface area (Å²) in [6.45, 7) is 8.69. The standard InChI is InChI=1S/C15H23F3O/c1-5-11-9-12(15(16,17)18)7-8-13(11)19-10-14(3,4)6-2/h9H,5-8,10H2,1-4H3. The summed E-state index contributed by atoms with van der Waals surface area (Å²) in [4.78, 5) is 0. The molecule has 0 saturated heterocycles. The zero-order valence-corrected chi connectivity index (χ0v) is 12.2. The number of hydrogen-bond donors (Lipinski definition) is 0. The van der Waals surface area contributed by atoms with Gasteiger partial charge in [0, 0.05) is 12.0 Å². The molecule has 0 aromatic heterocycles. The molecule has 1 aliphatic carbocycles. The molecule has 0 fully saturated rings. The Hall–Kier alpha value is -0.930. The third-order valence-corrected chi connectivity index (χ3v) is 3.67. The van der Waals surface area contributed by atoms with Gasteiger partial charge in [-0.3, -0.25) is 0 Å². The maximum atomic E-state index is 12.7. The van der Waals surface area contributed by atoms with Crippen molar-refractivity contribution in [3.63, 3.8) is 0 Å². The lowest BCUT2D eigenvalue weighted by atomic mass is 9.91. The molecule has 1 aliphatic rings. The van der Waals surface area contributed by atoms with Gasteiger partial charge in [0.25, 0.3) is 0 Å². The van der Waals surface area contributed by atoms with Gasteiger partial charge in [-0.1, -0.05) is 27.7 Å². The molecule has 110 valence electrons. The van der Waals surface area contributed by atoms with Crippen LogP contribution in [-0.4, -0.2) is 12.8 Å². The highest BCUT2D eigenvalue weighted by atomic mass is 19.4. The van der Waals surface area contributed by atoms with Crippen LogP contribution in [-0.2, 0) is 4.74 Å². The van der Waals surface area contributed by atoms with Crippen LogP contribution in [0.3, 0.4) is 0 Å². The minimum absolute atomic E-state index is 0.0227. The predicted molar refractivity (Wildman–Crippen MR) is 70.7 cm³/mol. The highest BCUT2D eigenvalue weighted by Crippen LogP contribution is 2.37. The zero-order chi connectivity index (χ0) is 14.7. The van der Waals surface area contributed by atoms with Crippen LogP contribution in [0.25, 0.3) is 0 Å². The molecule has 0 aliphatic heterocycles. The molecular weight excluding hydrogens is 253 g/mol. The number of ether oxygens (including phenoxy) is 1. The van der Waals surface area contributed by atoms with E-state index >= 15 is 0 Å². The molecule has 0 heterocycles. The maximum absolute atomic E-state index is 12.7. The monoisotopic (exact) mass is 276 g/mol. The molecular formula is C15H23F3O. The third kappa shape index (κ3) is 4.59. The molecule has 0 bridgehead atoms. The second-order valence-corrected chi connectivity index (χ2v) is 5.78. The quantitative estimate of drug-likeness (QED) is 0.654. The van der Waals surface area contributed by atoms with Gasteiger partial charge in [-0.05, 0) is 36.3 Å². The van der Waals surface area contributed by atoms with Crippen LogP contribution in [0.2, 0.25) is 0 Å². The molecule has 0 aromatic carbocycles. The fraction of sp³-hybridized carbons (Fsp3) is 0.733. The topological polar surface area (TPSA) is 9.23 Å². The number of hydrogen-bond acceptors (Lipinski definition) is 1. The molecule has 0 amide bonds. The van der Waals surface area contributed by atoms with Crippen molar-refractivity contribution >= 4 is 0 Å². The van der Waals surface area contributed by atoms with Gasteiger partial charge in [-0.2, -0.15) is 13.2 Å². The second kappa shape index (κ2) is 6.02. The Morgan fingerprint density at radius 3 is 2.26 bits per heavy atom. The fourth-order valence-electron chi connectivity index (χ4n) is 1.84. The van der Waals surface area contributed by atoms with E-state index in [1.807, 2.05) is 6.92 Å². The zero-order valence-electron chi connectivity index (χ0n) is 12.2. The van der Waals surface area contributed by atoms with Gasteiger partial charge in [-0.25, -0.2) is 0 Å². The van der Waals surface area contributed by atoms with Crippen molar-refractivity contribution in [3.05, 3.63) is 23.0 Å². The van der Waals surface area contributed by atoms with Gasteiger partial charge in [0.1, 0.15) is 0 Å². The molecule has 0 unspecified atom stereocenters. The number of allylic oxidation sites excluding steroid dienone is 4. The molecule has 0 spiro atoms. The minimum Gasteiger partial charge on any atom is -0.497 e. The van der Waals surface area contributed by atoms with Crippen LogP contribution in [0, 0.1) is 5.41 Å². The first-order valence-electron chi connectivity index (χ1n) is 6.82. The molecule has 0 atom stereocenters. The first-order valence-corrected chi connectivity index (χ1v) is 6.82. The van der Waals surface area contributed by atoms with Crippen molar-refractivity contribution in [1.29, 1.82) is 0 Å². The maximum Gasteiger partial charge on any atom is 0.412 e. The lowest BCUT2D eigenvalue weighted by molar-refractivity contribution is -0.0946. The van der Waals surface area contributed by atoms with Crippen LogP contribution in [0.4, 0.5) is 13.2 Å². The summed E-state index contributed by atoms with van der Waals surface area (Å²) < 4.78 is 43.8. The average molecular weight is 276 g/mol. The fourth-order valence-corrected chi connectivity index (χ4v) is 1.84. The molecule has 0 aromatic rings. The van der Waals surface area contributed by atoms with Gasteiger partial charge >= 0.3 is 6.18 Å². The first-order chi connectivity index (χ1) is 8.69. The van der Waals surface area contributed by atoms with E-state index in [1.54, 1.807) is 0 Å². The van der Waals surface area contributed by atoms with Crippen molar-refractivity contribution in [3.8, 4) is 0 Å². The summed E-state index contributed by atoms with van der Waals surface area (Å²) in [6, 6.07) is 0. The lowest BCUT2D eigenvalue weighted by Gasteiger charge is -2.27. The van der Waals surface area contributed by atoms with Crippen molar-refractivity contribution in [1.82, 2.24) is 0 Å². The summed E-state index contributed by atoms with van der Waals surface area (Å²) in [5, 5.41) is 0. The van der Waals surface area contributed by atoms with Gasteiger partial charge in [0.05, 0.1) is 12.4 Å². The minimum atomic E-state index is -4.21. The molecule has 4 heteroatoms. The summed E-state index contributed by atoms with van der Waals surface area (Å²) in [7, 11) is 0. The molecule has 0 saturated carbocycles. The van der Waals surface area contributed by atoms with Crippen molar-refractivity contribution in [2.75, 3.05) is 6.61 Å². The van der Waals surface area contributed by atoms with Crippen LogP contribution in [0.5, 0.6) is 0 Å². The molecule has 1 rings (SSSR count). The van der Waals surface area contributed by atoms with Crippen molar-refractivity contribution in [2.45, 2.75) is 59.6 Å². The number of halogens is 3. The van der Waals surface area contributed by atoms with Gasteiger partial charge in [-0.15, -0.1) is 0 Å². The second-order valence-electron chi connectivity index (χ2n) is 5.78. The Labute approximate surface area is 113 Å². The molecule has 0 N–H and O–H groups in total. The smallest absolute Gasteiger partial charge is 0.412 e. The normalized spacial score (nSPS) is 17.5. The Morgan fingerprint density at radius 2 is 1.79 bits per heavy atom. The van der Waals surface area contributed by atoms with Crippen LogP contribution < -0.4 is 0 Å². The van der Waals surface area contributed by atoms with E-state index in [9.17, 15) is 13.2 Å².